The molecule has 2 aliphatic heterocycles. The van der Waals surface area contributed by atoms with Crippen LogP contribution in [0.5, 0.6) is 0 Å². The van der Waals surface area contributed by atoms with Gasteiger partial charge in [-0.25, -0.2) is 8.42 Å². The number of hydrogen-bond donors (Lipinski definition) is 0. The first-order valence-electron chi connectivity index (χ1n) is 10.4. The Bertz CT molecular complexity index is 1040. The van der Waals surface area contributed by atoms with Crippen molar-refractivity contribution in [2.75, 3.05) is 26.2 Å². The Kier molecular flexibility index (Phi) is 5.74. The van der Waals surface area contributed by atoms with Crippen molar-refractivity contribution in [1.82, 2.24) is 9.21 Å². The van der Waals surface area contributed by atoms with E-state index in [4.69, 9.17) is 11.6 Å². The van der Waals surface area contributed by atoms with E-state index in [1.165, 1.54) is 12.0 Å². The molecule has 5 rings (SSSR count). The van der Waals surface area contributed by atoms with Crippen LogP contribution in [-0.2, 0) is 15.6 Å². The quantitative estimate of drug-likeness (QED) is 0.653. The Hall–Kier alpha value is -1.11. The van der Waals surface area contributed by atoms with E-state index >= 15 is 0 Å². The molecule has 0 radical (unpaired) electrons. The van der Waals surface area contributed by atoms with Crippen molar-refractivity contribution < 1.29 is 8.42 Å². The van der Waals surface area contributed by atoms with Gasteiger partial charge in [-0.2, -0.15) is 4.31 Å². The normalized spacial score (nSPS) is 29.0. The number of nitrogens with zero attached hydrogens (tertiary/aromatic N) is 2. The lowest BCUT2D eigenvalue weighted by molar-refractivity contribution is 0.191. The Morgan fingerprint density at radius 3 is 2.43 bits per heavy atom. The number of hydrogen-bond acceptors (Lipinski definition) is 3. The van der Waals surface area contributed by atoms with E-state index in [2.05, 4.69) is 17.0 Å². The maximum absolute atomic E-state index is 13.1. The second-order valence-electron chi connectivity index (χ2n) is 9.21. The molecule has 1 saturated carbocycles. The molecule has 0 aromatic heterocycles. The summed E-state index contributed by atoms with van der Waals surface area (Å²) < 4.78 is 27.9. The third-order valence-corrected chi connectivity index (χ3v) is 9.68. The smallest absolute Gasteiger partial charge is 0.244 e. The molecule has 4 nitrogen and oxygen atoms in total. The second-order valence-corrected chi connectivity index (χ2v) is 11.5. The van der Waals surface area contributed by atoms with Crippen LogP contribution in [0.3, 0.4) is 0 Å². The van der Waals surface area contributed by atoms with E-state index in [1.807, 2.05) is 44.2 Å². The van der Waals surface area contributed by atoms with Gasteiger partial charge in [0.15, 0.2) is 0 Å². The molecular weight excluding hydrogens is 439 g/mol. The van der Waals surface area contributed by atoms with Gasteiger partial charge in [0.1, 0.15) is 0 Å². The zero-order chi connectivity index (χ0) is 20.4. The average Bonchev–Trinajstić information content (AvgIpc) is 3.06. The number of likely N-dealkylation sites (tertiary alicyclic amines) is 1. The molecule has 2 heterocycles. The maximum atomic E-state index is 13.1. The van der Waals surface area contributed by atoms with E-state index in [0.29, 0.717) is 23.3 Å². The van der Waals surface area contributed by atoms with Gasteiger partial charge < -0.3 is 4.90 Å². The highest BCUT2D eigenvalue weighted by atomic mass is 35.5. The summed E-state index contributed by atoms with van der Waals surface area (Å²) in [6, 6.07) is 15.7. The van der Waals surface area contributed by atoms with Gasteiger partial charge in [-0.1, -0.05) is 41.9 Å². The van der Waals surface area contributed by atoms with E-state index in [-0.39, 0.29) is 12.4 Å². The van der Waals surface area contributed by atoms with Crippen LogP contribution in [0.4, 0.5) is 0 Å². The van der Waals surface area contributed by atoms with Gasteiger partial charge in [0.2, 0.25) is 10.0 Å². The molecule has 0 amide bonds. The van der Waals surface area contributed by atoms with Crippen molar-refractivity contribution >= 4 is 34.0 Å². The van der Waals surface area contributed by atoms with Gasteiger partial charge in [0.05, 0.1) is 10.4 Å². The Balaban J connectivity index is 0.00000218. The van der Waals surface area contributed by atoms with Crippen molar-refractivity contribution in [2.45, 2.75) is 36.6 Å². The molecule has 1 aliphatic carbocycles. The number of rotatable bonds is 4. The number of benzene rings is 2. The van der Waals surface area contributed by atoms with Gasteiger partial charge in [0, 0.05) is 31.2 Å². The molecular formula is C23H28Cl2N2O2S. The minimum atomic E-state index is -3.42. The summed E-state index contributed by atoms with van der Waals surface area (Å²) in [7, 11) is -3.42. The molecule has 3 aliphatic rings. The third kappa shape index (κ3) is 3.39. The van der Waals surface area contributed by atoms with Gasteiger partial charge in [-0.3, -0.25) is 0 Å². The molecule has 2 aromatic carbocycles. The summed E-state index contributed by atoms with van der Waals surface area (Å²) in [4.78, 5) is 2.93. The molecule has 0 bridgehead atoms. The lowest BCUT2D eigenvalue weighted by atomic mass is 9.64. The van der Waals surface area contributed by atoms with Crippen LogP contribution in [0.1, 0.15) is 37.3 Å². The Morgan fingerprint density at radius 1 is 1.03 bits per heavy atom. The highest BCUT2D eigenvalue weighted by Gasteiger charge is 2.50. The first-order chi connectivity index (χ1) is 13.8. The van der Waals surface area contributed by atoms with Crippen LogP contribution >= 0.6 is 24.0 Å². The van der Waals surface area contributed by atoms with Gasteiger partial charge in [-0.15, -0.1) is 12.4 Å². The molecule has 0 N–H and O–H groups in total. The molecule has 1 saturated heterocycles. The molecule has 7 heteroatoms. The summed E-state index contributed by atoms with van der Waals surface area (Å²) in [6.07, 6.45) is 1.22. The molecule has 30 heavy (non-hydrogen) atoms. The van der Waals surface area contributed by atoms with Crippen LogP contribution in [-0.4, -0.2) is 43.8 Å². The number of sulfonamides is 1. The van der Waals surface area contributed by atoms with Crippen molar-refractivity contribution in [3.05, 3.63) is 64.7 Å². The third-order valence-electron chi connectivity index (χ3n) is 7.30. The van der Waals surface area contributed by atoms with Crippen LogP contribution < -0.4 is 0 Å². The number of halogens is 2. The zero-order valence-electron chi connectivity index (χ0n) is 17.3. The predicted octanol–water partition coefficient (Wildman–Crippen LogP) is 4.74. The van der Waals surface area contributed by atoms with Crippen LogP contribution in [0.15, 0.2) is 53.4 Å². The van der Waals surface area contributed by atoms with Gasteiger partial charge in [0.25, 0.3) is 0 Å². The van der Waals surface area contributed by atoms with Crippen molar-refractivity contribution in [3.63, 3.8) is 0 Å². The lowest BCUT2D eigenvalue weighted by Crippen LogP contribution is -2.43. The minimum Gasteiger partial charge on any atom is -0.301 e. The molecule has 2 aromatic rings. The fourth-order valence-corrected chi connectivity index (χ4v) is 7.89. The van der Waals surface area contributed by atoms with E-state index in [9.17, 15) is 8.42 Å². The summed E-state index contributed by atoms with van der Waals surface area (Å²) in [6.45, 7) is 7.49. The van der Waals surface area contributed by atoms with E-state index in [1.54, 1.807) is 10.4 Å². The zero-order valence-corrected chi connectivity index (χ0v) is 19.7. The molecule has 3 atom stereocenters. The largest absolute Gasteiger partial charge is 0.301 e. The SMILES string of the molecule is CC1(C)c2ccccc2S(=O)(=O)N1CCN1C[C@H]2C[C@H](c3ccc(Cl)cc3)[C@H]2C1.Cl. The first-order valence-corrected chi connectivity index (χ1v) is 12.2. The topological polar surface area (TPSA) is 40.6 Å². The van der Waals surface area contributed by atoms with Crippen molar-refractivity contribution in [2.24, 2.45) is 11.8 Å². The summed E-state index contributed by atoms with van der Waals surface area (Å²) in [5.74, 6) is 2.02. The van der Waals surface area contributed by atoms with Gasteiger partial charge in [-0.05, 0) is 67.3 Å². The fourth-order valence-electron chi connectivity index (χ4n) is 5.66. The maximum Gasteiger partial charge on any atom is 0.244 e. The Morgan fingerprint density at radius 2 is 1.73 bits per heavy atom. The standard InChI is InChI=1S/C23H27ClN2O2S.ClH/c1-23(2)21-5-3-4-6-22(21)29(27,28)26(23)12-11-25-14-17-13-19(20(17)15-25)16-7-9-18(24)10-8-16;/h3-10,17,19-20H,11-15H2,1-2H3;1H/t17-,19-,20+;/m1./s1. The summed E-state index contributed by atoms with van der Waals surface area (Å²) in [5, 5.41) is 0.785. The monoisotopic (exact) mass is 466 g/mol. The minimum absolute atomic E-state index is 0. The number of fused-ring (bicyclic) bond motifs is 2. The molecule has 2 fully saturated rings. The summed E-state index contributed by atoms with van der Waals surface area (Å²) >= 11 is 6.03. The predicted molar refractivity (Wildman–Crippen MR) is 123 cm³/mol. The molecule has 0 spiro atoms. The van der Waals surface area contributed by atoms with Gasteiger partial charge >= 0.3 is 0 Å². The fraction of sp³-hybridized carbons (Fsp3) is 0.478. The van der Waals surface area contributed by atoms with Crippen LogP contribution in [0.2, 0.25) is 5.02 Å². The van der Waals surface area contributed by atoms with Crippen molar-refractivity contribution in [3.8, 4) is 0 Å². The second kappa shape index (κ2) is 7.79. The lowest BCUT2D eigenvalue weighted by Gasteiger charge is -2.40. The first kappa shape index (κ1) is 22.1. The van der Waals surface area contributed by atoms with Crippen LogP contribution in [0, 0.1) is 11.8 Å². The summed E-state index contributed by atoms with van der Waals surface area (Å²) in [5.41, 5.74) is 1.79. The Labute approximate surface area is 190 Å². The average molecular weight is 467 g/mol. The van der Waals surface area contributed by atoms with E-state index in [0.717, 1.165) is 36.1 Å². The van der Waals surface area contributed by atoms with Crippen LogP contribution in [0.25, 0.3) is 0 Å². The highest BCUT2D eigenvalue weighted by Crippen LogP contribution is 2.51. The molecule has 0 unspecified atom stereocenters. The molecule has 162 valence electrons. The highest BCUT2D eigenvalue weighted by molar-refractivity contribution is 7.89. The van der Waals surface area contributed by atoms with E-state index < -0.39 is 15.6 Å². The van der Waals surface area contributed by atoms with Crippen molar-refractivity contribution in [1.29, 1.82) is 0 Å².